The van der Waals surface area contributed by atoms with Crippen molar-refractivity contribution >= 4 is 5.97 Å². The highest BCUT2D eigenvalue weighted by atomic mass is 16.4. The Kier molecular flexibility index (Phi) is 67.9. The third-order valence-electron chi connectivity index (χ3n) is 1.91. The highest BCUT2D eigenvalue weighted by Gasteiger charge is 1.75. The minimum Gasteiger partial charge on any atom is -0.481 e. The van der Waals surface area contributed by atoms with Gasteiger partial charge in [0.1, 0.15) is 0 Å². The van der Waals surface area contributed by atoms with Crippen LogP contribution in [0.2, 0.25) is 0 Å². The van der Waals surface area contributed by atoms with Crippen molar-refractivity contribution in [3.8, 4) is 0 Å². The molecule has 0 rings (SSSR count). The highest BCUT2D eigenvalue weighted by Crippen LogP contribution is 1.95. The Hall–Kier alpha value is -0.610. The molecule has 0 amide bonds. The summed E-state index contributed by atoms with van der Waals surface area (Å²) in [6.45, 7) is 11.9. The summed E-state index contributed by atoms with van der Waals surface area (Å²) in [5.41, 5.74) is 0. The number of carboxylic acid groups (broad SMARTS) is 1. The summed E-state index contributed by atoms with van der Waals surface area (Å²) >= 11 is 0. The van der Waals surface area contributed by atoms with Gasteiger partial charge in [-0.15, -0.1) is 0 Å². The van der Waals surface area contributed by atoms with Gasteiger partial charge in [-0.3, -0.25) is 4.79 Å². The second kappa shape index (κ2) is 42.9. The summed E-state index contributed by atoms with van der Waals surface area (Å²) in [4.78, 5) is 9.00. The molecule has 4 nitrogen and oxygen atoms in total. The van der Waals surface area contributed by atoms with Crippen LogP contribution in [0.1, 0.15) is 92.9 Å². The van der Waals surface area contributed by atoms with Gasteiger partial charge in [-0.25, -0.2) is 0 Å². The van der Waals surface area contributed by atoms with Crippen LogP contribution in [0, 0.1) is 0 Å². The smallest absolute Gasteiger partial charge is 0.300 e. The average Bonchev–Trinajstić information content (AvgIpc) is 2.35. The van der Waals surface area contributed by atoms with E-state index < -0.39 is 5.97 Å². The Balaban J connectivity index is -0.0000000510. The highest BCUT2D eigenvalue weighted by molar-refractivity contribution is 5.62. The van der Waals surface area contributed by atoms with E-state index in [0.717, 1.165) is 6.92 Å². The van der Waals surface area contributed by atoms with E-state index in [2.05, 4.69) is 27.7 Å². The lowest BCUT2D eigenvalue weighted by atomic mass is 10.2. The van der Waals surface area contributed by atoms with Crippen LogP contribution in [0.25, 0.3) is 0 Å². The number of aliphatic carboxylic acids is 1. The molecule has 0 saturated carbocycles. The van der Waals surface area contributed by atoms with Crippen molar-refractivity contribution in [2.24, 2.45) is 0 Å². The van der Waals surface area contributed by atoms with Gasteiger partial charge in [0.25, 0.3) is 5.97 Å². The number of hydrogen-bond acceptors (Lipinski definition) is 2. The van der Waals surface area contributed by atoms with Crippen molar-refractivity contribution in [3.63, 3.8) is 0 Å². The van der Waals surface area contributed by atoms with Crippen molar-refractivity contribution < 1.29 is 20.5 Å². The Bertz CT molecular complexity index is 108. The number of carboxylic acids is 1. The molecule has 0 aromatic heterocycles. The zero-order chi connectivity index (χ0) is 15.9. The van der Waals surface area contributed by atoms with Crippen LogP contribution >= 0.6 is 0 Å². The summed E-state index contributed by atoms with van der Waals surface area (Å²) < 4.78 is 0. The minimum atomic E-state index is -0.833. The van der Waals surface area contributed by atoms with Gasteiger partial charge in [-0.1, -0.05) is 79.1 Å². The molecule has 0 unspecified atom stereocenters. The fraction of sp³-hybridized carbons (Fsp3) is 0.938. The van der Waals surface area contributed by atoms with Crippen LogP contribution in [0.4, 0.5) is 0 Å². The van der Waals surface area contributed by atoms with Crippen LogP contribution in [-0.4, -0.2) is 28.3 Å². The Morgan fingerprint density at radius 3 is 0.900 bits per heavy atom. The first-order valence-electron chi connectivity index (χ1n) is 7.78. The minimum absolute atomic E-state index is 0. The van der Waals surface area contributed by atoms with Gasteiger partial charge in [-0.2, -0.15) is 0 Å². The maximum absolute atomic E-state index is 9.00. The van der Waals surface area contributed by atoms with E-state index in [-0.39, 0.29) is 12.1 Å². The Morgan fingerprint density at radius 2 is 0.850 bits per heavy atom. The molecule has 4 N–H and O–H groups in total. The Morgan fingerprint density at radius 1 is 0.750 bits per heavy atom. The lowest BCUT2D eigenvalue weighted by Gasteiger charge is -1.86. The van der Waals surface area contributed by atoms with Gasteiger partial charge in [0.2, 0.25) is 0 Å². The van der Waals surface area contributed by atoms with Crippen LogP contribution < -0.4 is 0 Å². The zero-order valence-electron chi connectivity index (χ0n) is 14.7. The molecule has 4 heteroatoms. The SMILES string of the molecule is CC(=O)O.CCCCCC.CCCCCC.CCO.O. The molecule has 0 aliphatic carbocycles. The van der Waals surface area contributed by atoms with Gasteiger partial charge < -0.3 is 15.7 Å². The molecule has 0 aliphatic heterocycles. The number of hydrogen-bond donors (Lipinski definition) is 2. The Labute approximate surface area is 126 Å². The molecular formula is C16H40O4. The van der Waals surface area contributed by atoms with E-state index in [1.165, 1.54) is 51.4 Å². The van der Waals surface area contributed by atoms with Gasteiger partial charge in [0.15, 0.2) is 0 Å². The molecule has 0 atom stereocenters. The van der Waals surface area contributed by atoms with E-state index in [0.29, 0.717) is 0 Å². The first-order valence-corrected chi connectivity index (χ1v) is 7.78. The van der Waals surface area contributed by atoms with Gasteiger partial charge in [0, 0.05) is 13.5 Å². The standard InChI is InChI=1S/2C6H14.C2H4O2.C2H6O.H2O/c2*1-3-5-6-4-2;1-2(3)4;1-2-3;/h2*3-6H2,1-2H3;1H3,(H,3,4);3H,2H2,1H3;1H2. The quantitative estimate of drug-likeness (QED) is 0.710. The van der Waals surface area contributed by atoms with Crippen LogP contribution in [0.5, 0.6) is 0 Å². The number of carbonyl (C=O) groups is 1. The molecule has 0 saturated heterocycles. The van der Waals surface area contributed by atoms with Crippen LogP contribution in [-0.2, 0) is 4.79 Å². The van der Waals surface area contributed by atoms with E-state index in [9.17, 15) is 0 Å². The molecular weight excluding hydrogens is 256 g/mol. The monoisotopic (exact) mass is 296 g/mol. The lowest BCUT2D eigenvalue weighted by molar-refractivity contribution is -0.134. The number of aliphatic hydroxyl groups excluding tert-OH is 1. The molecule has 0 aromatic rings. The topological polar surface area (TPSA) is 89.0 Å². The summed E-state index contributed by atoms with van der Waals surface area (Å²) in [5.74, 6) is -0.833. The van der Waals surface area contributed by atoms with E-state index in [1.807, 2.05) is 0 Å². The molecule has 0 bridgehead atoms. The van der Waals surface area contributed by atoms with E-state index in [1.54, 1.807) is 6.92 Å². The second-order valence-corrected chi connectivity index (χ2v) is 4.25. The predicted octanol–water partition coefficient (Wildman–Crippen LogP) is 4.44. The summed E-state index contributed by atoms with van der Waals surface area (Å²) in [5, 5.41) is 15.0. The molecule has 0 heterocycles. The fourth-order valence-electron chi connectivity index (χ4n) is 1.000. The average molecular weight is 296 g/mol. The predicted molar refractivity (Wildman–Crippen MR) is 89.3 cm³/mol. The van der Waals surface area contributed by atoms with E-state index in [4.69, 9.17) is 15.0 Å². The molecule has 0 aliphatic rings. The number of aliphatic hydroxyl groups is 1. The van der Waals surface area contributed by atoms with Crippen molar-refractivity contribution in [3.05, 3.63) is 0 Å². The fourth-order valence-corrected chi connectivity index (χ4v) is 1.000. The zero-order valence-corrected chi connectivity index (χ0v) is 14.7. The van der Waals surface area contributed by atoms with Crippen molar-refractivity contribution in [2.45, 2.75) is 92.9 Å². The summed E-state index contributed by atoms with van der Waals surface area (Å²) in [6.07, 6.45) is 11.1. The first-order chi connectivity index (χ1) is 8.97. The number of rotatable bonds is 6. The molecule has 0 fully saturated rings. The maximum atomic E-state index is 9.00. The van der Waals surface area contributed by atoms with Gasteiger partial charge >= 0.3 is 0 Å². The van der Waals surface area contributed by atoms with Crippen molar-refractivity contribution in [1.82, 2.24) is 0 Å². The molecule has 0 radical (unpaired) electrons. The van der Waals surface area contributed by atoms with Crippen LogP contribution in [0.15, 0.2) is 0 Å². The maximum Gasteiger partial charge on any atom is 0.300 e. The van der Waals surface area contributed by atoms with Crippen molar-refractivity contribution in [2.75, 3.05) is 6.61 Å². The molecule has 128 valence electrons. The third-order valence-corrected chi connectivity index (χ3v) is 1.91. The number of unbranched alkanes of at least 4 members (excludes halogenated alkanes) is 6. The first kappa shape index (κ1) is 31.7. The van der Waals surface area contributed by atoms with Crippen LogP contribution in [0.3, 0.4) is 0 Å². The molecule has 0 spiro atoms. The van der Waals surface area contributed by atoms with E-state index >= 15 is 0 Å². The lowest BCUT2D eigenvalue weighted by Crippen LogP contribution is -1.78. The normalized spacial score (nSPS) is 7.55. The molecule has 0 aromatic carbocycles. The largest absolute Gasteiger partial charge is 0.481 e. The second-order valence-electron chi connectivity index (χ2n) is 4.25. The van der Waals surface area contributed by atoms with Crippen molar-refractivity contribution in [1.29, 1.82) is 0 Å². The third kappa shape index (κ3) is 161. The summed E-state index contributed by atoms with van der Waals surface area (Å²) in [7, 11) is 0. The summed E-state index contributed by atoms with van der Waals surface area (Å²) in [6, 6.07) is 0. The van der Waals surface area contributed by atoms with Gasteiger partial charge in [-0.05, 0) is 6.92 Å². The molecule has 20 heavy (non-hydrogen) atoms. The van der Waals surface area contributed by atoms with Gasteiger partial charge in [0.05, 0.1) is 0 Å².